The monoisotopic (exact) mass is 460 g/mol. The Balaban J connectivity index is 0.00000149. The summed E-state index contributed by atoms with van der Waals surface area (Å²) >= 11 is 0. The Bertz CT molecular complexity index is 597. The van der Waals surface area contributed by atoms with E-state index in [0.717, 1.165) is 47.3 Å². The van der Waals surface area contributed by atoms with E-state index in [1.165, 1.54) is 77.0 Å². The van der Waals surface area contributed by atoms with Crippen molar-refractivity contribution >= 4 is 0 Å². The van der Waals surface area contributed by atoms with Crippen molar-refractivity contribution in [3.05, 3.63) is 0 Å². The maximum absolute atomic E-state index is 6.23. The van der Waals surface area contributed by atoms with Crippen LogP contribution in [0.25, 0.3) is 0 Å². The Morgan fingerprint density at radius 1 is 0.818 bits per heavy atom. The number of fused-ring (bicyclic) bond motifs is 5. The average molecular weight is 461 g/mol. The van der Waals surface area contributed by atoms with E-state index in [9.17, 15) is 0 Å². The molecule has 1 nitrogen and oxygen atoms in total. The molecule has 0 aromatic rings. The highest BCUT2D eigenvalue weighted by Gasteiger charge is 2.62. The Labute approximate surface area is 208 Å². The molecule has 0 aliphatic heterocycles. The van der Waals surface area contributed by atoms with Crippen molar-refractivity contribution in [1.82, 2.24) is 0 Å². The summed E-state index contributed by atoms with van der Waals surface area (Å²) in [5.41, 5.74) is 1.15. The van der Waals surface area contributed by atoms with Crippen LogP contribution in [0.15, 0.2) is 0 Å². The molecule has 0 amide bonds. The van der Waals surface area contributed by atoms with E-state index in [1.54, 1.807) is 0 Å². The van der Waals surface area contributed by atoms with Gasteiger partial charge in [0.1, 0.15) is 0 Å². The summed E-state index contributed by atoms with van der Waals surface area (Å²) in [7, 11) is 2.01. The number of rotatable bonds is 7. The van der Waals surface area contributed by atoms with Crippen LogP contribution in [0.2, 0.25) is 0 Å². The fraction of sp³-hybridized carbons (Fsp3) is 1.00. The predicted octanol–water partition coefficient (Wildman–Crippen LogP) is 9.78. The fourth-order valence-corrected chi connectivity index (χ4v) is 10.2. The Hall–Kier alpha value is -0.0400. The second kappa shape index (κ2) is 11.3. The fourth-order valence-electron chi connectivity index (χ4n) is 10.2. The lowest BCUT2D eigenvalue weighted by molar-refractivity contribution is -0.167. The number of ether oxygens (including phenoxy) is 1. The number of hydrogen-bond donors (Lipinski definition) is 0. The summed E-state index contributed by atoms with van der Waals surface area (Å²) in [6.45, 7) is 19.3. The first kappa shape index (κ1) is 27.5. The highest BCUT2D eigenvalue weighted by molar-refractivity contribution is 5.11. The summed E-state index contributed by atoms with van der Waals surface area (Å²) in [5.74, 6) is 7.32. The van der Waals surface area contributed by atoms with E-state index in [2.05, 4.69) is 41.5 Å². The summed E-state index contributed by atoms with van der Waals surface area (Å²) in [6.07, 6.45) is 18.0. The van der Waals surface area contributed by atoms with Gasteiger partial charge in [-0.3, -0.25) is 0 Å². The van der Waals surface area contributed by atoms with E-state index in [-0.39, 0.29) is 0 Å². The van der Waals surface area contributed by atoms with Crippen molar-refractivity contribution in [2.45, 2.75) is 139 Å². The van der Waals surface area contributed by atoms with Gasteiger partial charge < -0.3 is 4.74 Å². The van der Waals surface area contributed by atoms with E-state index >= 15 is 0 Å². The molecule has 0 aromatic heterocycles. The maximum atomic E-state index is 6.23. The van der Waals surface area contributed by atoms with E-state index in [4.69, 9.17) is 4.74 Å². The van der Waals surface area contributed by atoms with Crippen LogP contribution in [0.1, 0.15) is 132 Å². The molecule has 0 saturated heterocycles. The SMILES string of the molecule is CC.CCC(CCC(C)C1CCC2C3CC(OC)C4CCCCC4(C)C3CC[C@]12C)C(C)C. The highest BCUT2D eigenvalue weighted by Crippen LogP contribution is 2.68. The Morgan fingerprint density at radius 3 is 2.15 bits per heavy atom. The van der Waals surface area contributed by atoms with Crippen molar-refractivity contribution in [2.24, 2.45) is 58.2 Å². The molecule has 33 heavy (non-hydrogen) atoms. The first-order valence-electron chi connectivity index (χ1n) is 15.3. The molecular formula is C32H60O. The van der Waals surface area contributed by atoms with Crippen LogP contribution in [-0.2, 0) is 4.74 Å². The maximum Gasteiger partial charge on any atom is 0.0607 e. The zero-order valence-electron chi connectivity index (χ0n) is 24.1. The molecule has 0 aromatic carbocycles. The minimum Gasteiger partial charge on any atom is -0.381 e. The van der Waals surface area contributed by atoms with Gasteiger partial charge in [0.15, 0.2) is 0 Å². The van der Waals surface area contributed by atoms with Gasteiger partial charge in [0, 0.05) is 7.11 Å². The molecule has 4 fully saturated rings. The van der Waals surface area contributed by atoms with Gasteiger partial charge in [0.25, 0.3) is 0 Å². The second-order valence-corrected chi connectivity index (χ2v) is 13.4. The van der Waals surface area contributed by atoms with Gasteiger partial charge >= 0.3 is 0 Å². The molecule has 0 spiro atoms. The molecule has 4 saturated carbocycles. The molecule has 4 aliphatic carbocycles. The van der Waals surface area contributed by atoms with Gasteiger partial charge in [-0.2, -0.15) is 0 Å². The number of methoxy groups -OCH3 is 1. The third-order valence-corrected chi connectivity index (χ3v) is 12.1. The van der Waals surface area contributed by atoms with Crippen molar-refractivity contribution in [3.63, 3.8) is 0 Å². The zero-order valence-corrected chi connectivity index (χ0v) is 24.1. The topological polar surface area (TPSA) is 9.23 Å². The third-order valence-electron chi connectivity index (χ3n) is 12.1. The number of hydrogen-bond acceptors (Lipinski definition) is 1. The first-order valence-corrected chi connectivity index (χ1v) is 15.3. The van der Waals surface area contributed by atoms with Crippen molar-refractivity contribution < 1.29 is 4.74 Å². The molecule has 0 N–H and O–H groups in total. The molecule has 0 bridgehead atoms. The Morgan fingerprint density at radius 2 is 1.52 bits per heavy atom. The zero-order chi connectivity index (χ0) is 24.4. The standard InChI is InChI=1S/C30H54O.C2H6/c1-8-22(20(2)3)13-12-21(4)24-14-15-25-23-19-28(31-7)27-11-9-10-17-29(27,5)26(23)16-18-30(24,25)6;1-2/h20-28H,8-19H2,1-7H3;1-2H3/t21?,22?,23?,24?,25?,26?,27?,28?,29?,30-;/m1./s1. The average Bonchev–Trinajstić information content (AvgIpc) is 3.17. The third kappa shape index (κ3) is 4.97. The van der Waals surface area contributed by atoms with Gasteiger partial charge in [0.2, 0.25) is 0 Å². The largest absolute Gasteiger partial charge is 0.381 e. The van der Waals surface area contributed by atoms with Crippen LogP contribution in [0.3, 0.4) is 0 Å². The quantitative estimate of drug-likeness (QED) is 0.367. The molecule has 10 atom stereocenters. The smallest absolute Gasteiger partial charge is 0.0607 e. The molecular weight excluding hydrogens is 400 g/mol. The Kier molecular flexibility index (Phi) is 9.47. The van der Waals surface area contributed by atoms with Crippen molar-refractivity contribution in [2.75, 3.05) is 7.11 Å². The molecule has 9 unspecified atom stereocenters. The highest BCUT2D eigenvalue weighted by atomic mass is 16.5. The van der Waals surface area contributed by atoms with Crippen molar-refractivity contribution in [1.29, 1.82) is 0 Å². The second-order valence-electron chi connectivity index (χ2n) is 13.4. The lowest BCUT2D eigenvalue weighted by Gasteiger charge is -2.62. The lowest BCUT2D eigenvalue weighted by atomic mass is 9.44. The van der Waals surface area contributed by atoms with Gasteiger partial charge in [-0.25, -0.2) is 0 Å². The molecule has 1 heteroatoms. The molecule has 0 radical (unpaired) electrons. The van der Waals surface area contributed by atoms with Crippen LogP contribution < -0.4 is 0 Å². The minimum atomic E-state index is 0.529. The normalized spacial score (nSPS) is 44.2. The summed E-state index contributed by atoms with van der Waals surface area (Å²) in [4.78, 5) is 0. The van der Waals surface area contributed by atoms with Crippen molar-refractivity contribution in [3.8, 4) is 0 Å². The predicted molar refractivity (Wildman–Crippen MR) is 144 cm³/mol. The minimum absolute atomic E-state index is 0.529. The van der Waals surface area contributed by atoms with Crippen LogP contribution in [0, 0.1) is 58.2 Å². The van der Waals surface area contributed by atoms with Crippen LogP contribution in [-0.4, -0.2) is 13.2 Å². The molecule has 4 rings (SSSR count). The molecule has 194 valence electrons. The van der Waals surface area contributed by atoms with Gasteiger partial charge in [-0.1, -0.05) is 81.1 Å². The lowest BCUT2D eigenvalue weighted by Crippen LogP contribution is -2.57. The van der Waals surface area contributed by atoms with Gasteiger partial charge in [0.05, 0.1) is 6.10 Å². The van der Waals surface area contributed by atoms with Gasteiger partial charge in [-0.05, 0) is 110 Å². The van der Waals surface area contributed by atoms with Crippen LogP contribution in [0.4, 0.5) is 0 Å². The molecule has 4 aliphatic rings. The van der Waals surface area contributed by atoms with Gasteiger partial charge in [-0.15, -0.1) is 0 Å². The van der Waals surface area contributed by atoms with Crippen LogP contribution in [0.5, 0.6) is 0 Å². The molecule has 0 heterocycles. The summed E-state index contributed by atoms with van der Waals surface area (Å²) in [6, 6.07) is 0. The van der Waals surface area contributed by atoms with E-state index < -0.39 is 0 Å². The van der Waals surface area contributed by atoms with E-state index in [0.29, 0.717) is 16.9 Å². The first-order chi connectivity index (χ1) is 15.8. The summed E-state index contributed by atoms with van der Waals surface area (Å²) in [5, 5.41) is 0. The van der Waals surface area contributed by atoms with Crippen LogP contribution >= 0.6 is 0 Å². The van der Waals surface area contributed by atoms with E-state index in [1.807, 2.05) is 21.0 Å². The summed E-state index contributed by atoms with van der Waals surface area (Å²) < 4.78 is 6.23.